The van der Waals surface area contributed by atoms with Crippen molar-refractivity contribution in [1.29, 1.82) is 5.26 Å². The number of rotatable bonds is 7. The average Bonchev–Trinajstić information content (AvgIpc) is 2.73. The summed E-state index contributed by atoms with van der Waals surface area (Å²) in [7, 11) is 0. The standard InChI is InChI=1S/C25H23NO3/c1-18(2)24(19-10-5-3-6-11-19)25(27)29-23(17-26)20-12-9-15-22(16-20)28-21-13-7-4-8-14-21/h3-16,18,23-24H,1-2H3. The first-order valence-corrected chi connectivity index (χ1v) is 9.56. The topological polar surface area (TPSA) is 59.3 Å². The Balaban J connectivity index is 1.78. The molecule has 0 aliphatic carbocycles. The molecule has 146 valence electrons. The Morgan fingerprint density at radius 1 is 0.828 bits per heavy atom. The van der Waals surface area contributed by atoms with Gasteiger partial charge in [0.25, 0.3) is 0 Å². The van der Waals surface area contributed by atoms with Crippen molar-refractivity contribution in [3.05, 3.63) is 96.1 Å². The van der Waals surface area contributed by atoms with Crippen molar-refractivity contribution in [1.82, 2.24) is 0 Å². The zero-order valence-electron chi connectivity index (χ0n) is 16.5. The number of carbonyl (C=O) groups is 1. The van der Waals surface area contributed by atoms with Gasteiger partial charge in [-0.05, 0) is 35.7 Å². The second-order valence-corrected chi connectivity index (χ2v) is 7.07. The quantitative estimate of drug-likeness (QED) is 0.466. The van der Waals surface area contributed by atoms with Gasteiger partial charge in [0.1, 0.15) is 17.6 Å². The molecule has 0 aromatic heterocycles. The van der Waals surface area contributed by atoms with Gasteiger partial charge in [0.2, 0.25) is 6.10 Å². The fourth-order valence-corrected chi connectivity index (χ4v) is 3.18. The summed E-state index contributed by atoms with van der Waals surface area (Å²) >= 11 is 0. The van der Waals surface area contributed by atoms with E-state index in [2.05, 4.69) is 6.07 Å². The van der Waals surface area contributed by atoms with E-state index in [0.717, 1.165) is 5.56 Å². The summed E-state index contributed by atoms with van der Waals surface area (Å²) in [6.45, 7) is 3.93. The van der Waals surface area contributed by atoms with Crippen molar-refractivity contribution >= 4 is 5.97 Å². The summed E-state index contributed by atoms with van der Waals surface area (Å²) in [5.41, 5.74) is 1.45. The lowest BCUT2D eigenvalue weighted by Crippen LogP contribution is -2.22. The highest BCUT2D eigenvalue weighted by Crippen LogP contribution is 2.30. The minimum atomic E-state index is -1.01. The van der Waals surface area contributed by atoms with Crippen LogP contribution in [0, 0.1) is 17.2 Å². The van der Waals surface area contributed by atoms with Gasteiger partial charge < -0.3 is 9.47 Å². The van der Waals surface area contributed by atoms with E-state index in [1.807, 2.05) is 74.5 Å². The van der Waals surface area contributed by atoms with Crippen LogP contribution in [0.15, 0.2) is 84.9 Å². The number of nitriles is 1. The minimum absolute atomic E-state index is 0.0389. The van der Waals surface area contributed by atoms with E-state index in [1.165, 1.54) is 0 Å². The fraction of sp³-hybridized carbons (Fsp3) is 0.200. The first-order chi connectivity index (χ1) is 14.1. The van der Waals surface area contributed by atoms with Crippen LogP contribution in [0.25, 0.3) is 0 Å². The molecule has 0 amide bonds. The van der Waals surface area contributed by atoms with Crippen molar-refractivity contribution in [2.75, 3.05) is 0 Å². The second-order valence-electron chi connectivity index (χ2n) is 7.07. The summed E-state index contributed by atoms with van der Waals surface area (Å²) in [5.74, 6) is 0.465. The highest BCUT2D eigenvalue weighted by atomic mass is 16.5. The molecule has 0 radical (unpaired) electrons. The number of hydrogen-bond acceptors (Lipinski definition) is 4. The predicted molar refractivity (Wildman–Crippen MR) is 111 cm³/mol. The zero-order chi connectivity index (χ0) is 20.6. The Bertz CT molecular complexity index is 978. The van der Waals surface area contributed by atoms with Gasteiger partial charge in [0.15, 0.2) is 0 Å². The molecule has 0 N–H and O–H groups in total. The maximum atomic E-state index is 12.9. The Labute approximate surface area is 171 Å². The van der Waals surface area contributed by atoms with E-state index in [4.69, 9.17) is 9.47 Å². The zero-order valence-corrected chi connectivity index (χ0v) is 16.5. The number of ether oxygens (including phenoxy) is 2. The van der Waals surface area contributed by atoms with Crippen molar-refractivity contribution in [3.8, 4) is 17.6 Å². The molecule has 0 saturated carbocycles. The summed E-state index contributed by atoms with van der Waals surface area (Å²) in [4.78, 5) is 12.9. The number of esters is 1. The van der Waals surface area contributed by atoms with Gasteiger partial charge in [-0.1, -0.05) is 74.5 Å². The van der Waals surface area contributed by atoms with Gasteiger partial charge in [-0.25, -0.2) is 0 Å². The number of nitrogens with zero attached hydrogens (tertiary/aromatic N) is 1. The molecule has 3 rings (SSSR count). The molecule has 29 heavy (non-hydrogen) atoms. The third-order valence-electron chi connectivity index (χ3n) is 4.57. The van der Waals surface area contributed by atoms with E-state index in [9.17, 15) is 10.1 Å². The van der Waals surface area contributed by atoms with Crippen LogP contribution in [0.5, 0.6) is 11.5 Å². The second kappa shape index (κ2) is 9.57. The van der Waals surface area contributed by atoms with Crippen molar-refractivity contribution < 1.29 is 14.3 Å². The lowest BCUT2D eigenvalue weighted by Gasteiger charge is -2.22. The first kappa shape index (κ1) is 20.2. The Morgan fingerprint density at radius 2 is 1.41 bits per heavy atom. The van der Waals surface area contributed by atoms with E-state index in [0.29, 0.717) is 17.1 Å². The van der Waals surface area contributed by atoms with Gasteiger partial charge in [0.05, 0.1) is 5.92 Å². The molecule has 0 fully saturated rings. The molecule has 0 aliphatic heterocycles. The highest BCUT2D eigenvalue weighted by Gasteiger charge is 2.28. The molecular formula is C25H23NO3. The average molecular weight is 385 g/mol. The molecule has 0 spiro atoms. The van der Waals surface area contributed by atoms with E-state index in [-0.39, 0.29) is 5.92 Å². The van der Waals surface area contributed by atoms with Crippen LogP contribution >= 0.6 is 0 Å². The van der Waals surface area contributed by atoms with Crippen LogP contribution < -0.4 is 4.74 Å². The Hall–Kier alpha value is -3.58. The van der Waals surface area contributed by atoms with Gasteiger partial charge in [-0.2, -0.15) is 5.26 Å². The number of hydrogen-bond donors (Lipinski definition) is 0. The van der Waals surface area contributed by atoms with E-state index >= 15 is 0 Å². The lowest BCUT2D eigenvalue weighted by atomic mass is 9.88. The van der Waals surface area contributed by atoms with Crippen LogP contribution in [0.2, 0.25) is 0 Å². The summed E-state index contributed by atoms with van der Waals surface area (Å²) < 4.78 is 11.4. The maximum Gasteiger partial charge on any atom is 0.315 e. The molecule has 2 atom stereocenters. The molecule has 0 saturated heterocycles. The van der Waals surface area contributed by atoms with E-state index < -0.39 is 18.0 Å². The number of benzene rings is 3. The third-order valence-corrected chi connectivity index (χ3v) is 4.57. The van der Waals surface area contributed by atoms with Crippen LogP contribution in [-0.2, 0) is 9.53 Å². The normalized spacial score (nSPS) is 12.6. The van der Waals surface area contributed by atoms with Gasteiger partial charge in [-0.3, -0.25) is 4.79 Å². The number of carbonyl (C=O) groups excluding carboxylic acids is 1. The third kappa shape index (κ3) is 5.24. The summed E-state index contributed by atoms with van der Waals surface area (Å²) in [6, 6.07) is 28.0. The van der Waals surface area contributed by atoms with Gasteiger partial charge in [-0.15, -0.1) is 0 Å². The smallest absolute Gasteiger partial charge is 0.315 e. The van der Waals surface area contributed by atoms with Crippen LogP contribution in [0.4, 0.5) is 0 Å². The first-order valence-electron chi connectivity index (χ1n) is 9.56. The fourth-order valence-electron chi connectivity index (χ4n) is 3.18. The van der Waals surface area contributed by atoms with Crippen LogP contribution in [-0.4, -0.2) is 5.97 Å². The monoisotopic (exact) mass is 385 g/mol. The van der Waals surface area contributed by atoms with Crippen LogP contribution in [0.1, 0.15) is 37.0 Å². The minimum Gasteiger partial charge on any atom is -0.457 e. The maximum absolute atomic E-state index is 12.9. The largest absolute Gasteiger partial charge is 0.457 e. The predicted octanol–water partition coefficient (Wildman–Crippen LogP) is 6.03. The van der Waals surface area contributed by atoms with Crippen molar-refractivity contribution in [2.45, 2.75) is 25.9 Å². The highest BCUT2D eigenvalue weighted by molar-refractivity contribution is 5.79. The van der Waals surface area contributed by atoms with Crippen LogP contribution in [0.3, 0.4) is 0 Å². The van der Waals surface area contributed by atoms with Gasteiger partial charge >= 0.3 is 5.97 Å². The molecule has 0 bridgehead atoms. The Kier molecular flexibility index (Phi) is 6.65. The molecular weight excluding hydrogens is 362 g/mol. The molecule has 4 heteroatoms. The Morgan fingerprint density at radius 3 is 2.03 bits per heavy atom. The number of para-hydroxylation sites is 1. The molecule has 3 aromatic carbocycles. The SMILES string of the molecule is CC(C)C(C(=O)OC(C#N)c1cccc(Oc2ccccc2)c1)c1ccccc1. The molecule has 0 heterocycles. The molecule has 4 nitrogen and oxygen atoms in total. The van der Waals surface area contributed by atoms with E-state index in [1.54, 1.807) is 24.3 Å². The van der Waals surface area contributed by atoms with Crippen molar-refractivity contribution in [3.63, 3.8) is 0 Å². The summed E-state index contributed by atoms with van der Waals surface area (Å²) in [5, 5.41) is 9.63. The molecule has 0 aliphatic rings. The molecule has 3 aromatic rings. The van der Waals surface area contributed by atoms with Gasteiger partial charge in [0, 0.05) is 5.56 Å². The van der Waals surface area contributed by atoms with Crippen molar-refractivity contribution in [2.24, 2.45) is 5.92 Å². The summed E-state index contributed by atoms with van der Waals surface area (Å²) in [6.07, 6.45) is -1.01. The molecule has 2 unspecified atom stereocenters. The lowest BCUT2D eigenvalue weighted by molar-refractivity contribution is -0.150.